The first-order valence-corrected chi connectivity index (χ1v) is 8.07. The Kier molecular flexibility index (Phi) is 6.29. The lowest BCUT2D eigenvalue weighted by molar-refractivity contribution is 0.0694. The van der Waals surface area contributed by atoms with Gasteiger partial charge < -0.3 is 20.3 Å². The summed E-state index contributed by atoms with van der Waals surface area (Å²) in [4.78, 5) is 11.0. The molecule has 128 valence electrons. The second-order valence-corrected chi connectivity index (χ2v) is 6.26. The number of aromatic hydroxyl groups is 1. The smallest absolute Gasteiger partial charge is 0.339 e. The number of halogens is 4. The molecule has 0 radical (unpaired) electrons. The molecular formula is C15H11Cl4NO4. The number of carboxylic acid groups (broad SMARTS) is 1. The molecule has 0 saturated carbocycles. The fourth-order valence-electron chi connectivity index (χ4n) is 1.84. The number of ether oxygens (including phenoxy) is 1. The van der Waals surface area contributed by atoms with Gasteiger partial charge in [-0.2, -0.15) is 0 Å². The Bertz CT molecular complexity index is 783. The number of carbonyl (C=O) groups is 1. The van der Waals surface area contributed by atoms with E-state index in [9.17, 15) is 9.90 Å². The fraction of sp³-hybridized carbons (Fsp3) is 0.133. The van der Waals surface area contributed by atoms with Crippen molar-refractivity contribution in [2.45, 2.75) is 0 Å². The molecule has 2 aromatic rings. The lowest BCUT2D eigenvalue weighted by Gasteiger charge is -2.12. The summed E-state index contributed by atoms with van der Waals surface area (Å²) in [5.74, 6) is -1.38. The summed E-state index contributed by atoms with van der Waals surface area (Å²) in [5.41, 5.74) is 0.137. The number of benzene rings is 2. The number of rotatable bonds is 6. The van der Waals surface area contributed by atoms with Crippen LogP contribution in [0.15, 0.2) is 24.3 Å². The van der Waals surface area contributed by atoms with Crippen LogP contribution in [0.4, 0.5) is 5.69 Å². The van der Waals surface area contributed by atoms with E-state index < -0.39 is 11.7 Å². The largest absolute Gasteiger partial charge is 0.505 e. The molecule has 0 atom stereocenters. The van der Waals surface area contributed by atoms with E-state index in [2.05, 4.69) is 5.32 Å². The van der Waals surface area contributed by atoms with Gasteiger partial charge in [-0.25, -0.2) is 4.79 Å². The lowest BCUT2D eigenvalue weighted by atomic mass is 10.1. The van der Waals surface area contributed by atoms with Crippen molar-refractivity contribution >= 4 is 58.1 Å². The molecule has 3 N–H and O–H groups in total. The van der Waals surface area contributed by atoms with Crippen molar-refractivity contribution in [1.82, 2.24) is 0 Å². The van der Waals surface area contributed by atoms with Crippen LogP contribution in [0.2, 0.25) is 20.1 Å². The molecule has 2 aromatic carbocycles. The second kappa shape index (κ2) is 8.03. The van der Waals surface area contributed by atoms with Crippen LogP contribution in [0.3, 0.4) is 0 Å². The van der Waals surface area contributed by atoms with Gasteiger partial charge in [0.25, 0.3) is 0 Å². The molecule has 0 aliphatic heterocycles. The van der Waals surface area contributed by atoms with Crippen molar-refractivity contribution in [3.05, 3.63) is 49.9 Å². The maximum Gasteiger partial charge on any atom is 0.339 e. The van der Waals surface area contributed by atoms with Crippen LogP contribution in [0.25, 0.3) is 0 Å². The molecule has 0 aliphatic rings. The van der Waals surface area contributed by atoms with Gasteiger partial charge in [0.2, 0.25) is 0 Å². The van der Waals surface area contributed by atoms with Gasteiger partial charge in [-0.05, 0) is 18.2 Å². The fourth-order valence-corrected chi connectivity index (χ4v) is 2.65. The van der Waals surface area contributed by atoms with Crippen molar-refractivity contribution in [1.29, 1.82) is 0 Å². The first-order chi connectivity index (χ1) is 11.3. The Labute approximate surface area is 157 Å². The monoisotopic (exact) mass is 409 g/mol. The van der Waals surface area contributed by atoms with Gasteiger partial charge in [-0.3, -0.25) is 0 Å². The maximum absolute atomic E-state index is 11.0. The third-order valence-corrected chi connectivity index (χ3v) is 4.26. The molecule has 2 rings (SSSR count). The predicted molar refractivity (Wildman–Crippen MR) is 95.5 cm³/mol. The van der Waals surface area contributed by atoms with E-state index in [0.29, 0.717) is 33.0 Å². The van der Waals surface area contributed by atoms with E-state index in [1.165, 1.54) is 24.3 Å². The molecule has 0 bridgehead atoms. The molecule has 0 spiro atoms. The average Bonchev–Trinajstić information content (AvgIpc) is 2.51. The van der Waals surface area contributed by atoms with Gasteiger partial charge in [0.1, 0.15) is 23.7 Å². The Morgan fingerprint density at radius 2 is 1.67 bits per heavy atom. The molecule has 9 heteroatoms. The Hall–Kier alpha value is -1.53. The van der Waals surface area contributed by atoms with Gasteiger partial charge in [-0.15, -0.1) is 0 Å². The molecule has 0 fully saturated rings. The van der Waals surface area contributed by atoms with Crippen molar-refractivity contribution in [2.75, 3.05) is 18.5 Å². The highest BCUT2D eigenvalue weighted by molar-refractivity contribution is 6.43. The molecular weight excluding hydrogens is 400 g/mol. The highest BCUT2D eigenvalue weighted by Gasteiger charge is 2.14. The van der Waals surface area contributed by atoms with Crippen LogP contribution < -0.4 is 10.1 Å². The number of carboxylic acids is 1. The molecule has 5 nitrogen and oxygen atoms in total. The number of anilines is 1. The first-order valence-electron chi connectivity index (χ1n) is 6.56. The molecule has 0 saturated heterocycles. The van der Waals surface area contributed by atoms with Crippen LogP contribution in [0, 0.1) is 0 Å². The SMILES string of the molecule is O=C(O)c1cc(NCCOc2cc(Cl)c(Cl)cc2Cl)cc(Cl)c1O. The Morgan fingerprint density at radius 3 is 2.33 bits per heavy atom. The number of phenols is 1. The third-order valence-electron chi connectivity index (χ3n) is 2.96. The zero-order valence-corrected chi connectivity index (χ0v) is 15.0. The minimum Gasteiger partial charge on any atom is -0.505 e. The summed E-state index contributed by atoms with van der Waals surface area (Å²) in [5, 5.41) is 22.4. The minimum atomic E-state index is -1.28. The van der Waals surface area contributed by atoms with E-state index in [-0.39, 0.29) is 17.2 Å². The van der Waals surface area contributed by atoms with Gasteiger partial charge in [0.05, 0.1) is 20.1 Å². The van der Waals surface area contributed by atoms with E-state index in [1.54, 1.807) is 0 Å². The minimum absolute atomic E-state index is 0.0640. The van der Waals surface area contributed by atoms with Crippen LogP contribution in [0.1, 0.15) is 10.4 Å². The number of aromatic carboxylic acids is 1. The van der Waals surface area contributed by atoms with Gasteiger partial charge in [0, 0.05) is 18.3 Å². The van der Waals surface area contributed by atoms with Crippen LogP contribution in [0.5, 0.6) is 11.5 Å². The van der Waals surface area contributed by atoms with Crippen LogP contribution in [-0.4, -0.2) is 29.3 Å². The standard InChI is InChI=1S/C15H11Cl4NO4/c16-9-5-11(18)13(6-10(9)17)24-2-1-20-7-3-8(15(22)23)14(21)12(19)4-7/h3-6,20-21H,1-2H2,(H,22,23). The van der Waals surface area contributed by atoms with E-state index in [0.717, 1.165) is 0 Å². The Morgan fingerprint density at radius 1 is 1.00 bits per heavy atom. The zero-order valence-electron chi connectivity index (χ0n) is 11.9. The Balaban J connectivity index is 1.98. The lowest BCUT2D eigenvalue weighted by Crippen LogP contribution is -2.12. The van der Waals surface area contributed by atoms with Gasteiger partial charge in [0.15, 0.2) is 0 Å². The van der Waals surface area contributed by atoms with Crippen molar-refractivity contribution < 1.29 is 19.7 Å². The molecule has 0 aliphatic carbocycles. The zero-order chi connectivity index (χ0) is 17.9. The third kappa shape index (κ3) is 4.51. The summed E-state index contributed by atoms with van der Waals surface area (Å²) in [6.45, 7) is 0.551. The average molecular weight is 411 g/mol. The summed E-state index contributed by atoms with van der Waals surface area (Å²) in [7, 11) is 0. The molecule has 24 heavy (non-hydrogen) atoms. The topological polar surface area (TPSA) is 78.8 Å². The number of hydrogen-bond donors (Lipinski definition) is 3. The van der Waals surface area contributed by atoms with Crippen molar-refractivity contribution in [3.8, 4) is 11.5 Å². The summed E-state index contributed by atoms with van der Waals surface area (Å²) in [6.07, 6.45) is 0. The normalized spacial score (nSPS) is 10.5. The summed E-state index contributed by atoms with van der Waals surface area (Å²) < 4.78 is 5.49. The van der Waals surface area contributed by atoms with Crippen LogP contribution in [-0.2, 0) is 0 Å². The van der Waals surface area contributed by atoms with Crippen LogP contribution >= 0.6 is 46.4 Å². The predicted octanol–water partition coefficient (Wildman–Crippen LogP) is 5.19. The number of hydrogen-bond acceptors (Lipinski definition) is 4. The molecule has 0 unspecified atom stereocenters. The quantitative estimate of drug-likeness (QED) is 0.346. The molecule has 0 aromatic heterocycles. The molecule has 0 heterocycles. The van der Waals surface area contributed by atoms with Crippen molar-refractivity contribution in [2.24, 2.45) is 0 Å². The summed E-state index contributed by atoms with van der Waals surface area (Å²) in [6, 6.07) is 5.67. The van der Waals surface area contributed by atoms with Gasteiger partial charge >= 0.3 is 5.97 Å². The second-order valence-electron chi connectivity index (χ2n) is 4.63. The highest BCUT2D eigenvalue weighted by Crippen LogP contribution is 2.34. The molecule has 0 amide bonds. The number of nitrogens with one attached hydrogen (secondary N) is 1. The highest BCUT2D eigenvalue weighted by atomic mass is 35.5. The van der Waals surface area contributed by atoms with E-state index >= 15 is 0 Å². The first kappa shape index (κ1) is 18.8. The van der Waals surface area contributed by atoms with Gasteiger partial charge in [-0.1, -0.05) is 46.4 Å². The summed E-state index contributed by atoms with van der Waals surface area (Å²) >= 11 is 23.5. The van der Waals surface area contributed by atoms with E-state index in [1.807, 2.05) is 0 Å². The van der Waals surface area contributed by atoms with E-state index in [4.69, 9.17) is 56.2 Å². The van der Waals surface area contributed by atoms with Crippen molar-refractivity contribution in [3.63, 3.8) is 0 Å². The maximum atomic E-state index is 11.0.